The third-order valence-corrected chi connectivity index (χ3v) is 1.60. The van der Waals surface area contributed by atoms with Gasteiger partial charge >= 0.3 is 0 Å². The zero-order valence-electron chi connectivity index (χ0n) is 7.85. The number of hydrogen-bond acceptors (Lipinski definition) is 4. The number of amides is 1. The first kappa shape index (κ1) is 10.7. The summed E-state index contributed by atoms with van der Waals surface area (Å²) in [6.45, 7) is 1.63. The van der Waals surface area contributed by atoms with Gasteiger partial charge in [-0.1, -0.05) is 5.92 Å². The SMILES string of the molecule is Cc1ncc([N+](=O)[O-])cc1C#CC(N)=O. The van der Waals surface area contributed by atoms with Crippen molar-refractivity contribution in [1.82, 2.24) is 4.98 Å². The lowest BCUT2D eigenvalue weighted by molar-refractivity contribution is -0.385. The molecule has 1 aromatic heterocycles. The number of nitrogens with zero attached hydrogens (tertiary/aromatic N) is 2. The minimum atomic E-state index is -0.791. The zero-order chi connectivity index (χ0) is 11.4. The molecular formula is C9H7N3O3. The first-order valence-electron chi connectivity index (χ1n) is 3.93. The topological polar surface area (TPSA) is 99.1 Å². The summed E-state index contributed by atoms with van der Waals surface area (Å²) in [4.78, 5) is 24.0. The van der Waals surface area contributed by atoms with E-state index in [0.29, 0.717) is 11.3 Å². The Hall–Kier alpha value is -2.42. The van der Waals surface area contributed by atoms with Gasteiger partial charge in [0.25, 0.3) is 11.6 Å². The van der Waals surface area contributed by atoms with Gasteiger partial charge in [0.1, 0.15) is 6.20 Å². The summed E-state index contributed by atoms with van der Waals surface area (Å²) in [6.07, 6.45) is 1.13. The molecule has 0 saturated heterocycles. The van der Waals surface area contributed by atoms with E-state index >= 15 is 0 Å². The van der Waals surface area contributed by atoms with Gasteiger partial charge in [-0.3, -0.25) is 19.9 Å². The minimum Gasteiger partial charge on any atom is -0.359 e. The number of aryl methyl sites for hydroxylation is 1. The summed E-state index contributed by atoms with van der Waals surface area (Å²) < 4.78 is 0. The van der Waals surface area contributed by atoms with E-state index in [4.69, 9.17) is 5.73 Å². The summed E-state index contributed by atoms with van der Waals surface area (Å²) in [5.41, 5.74) is 5.48. The summed E-state index contributed by atoms with van der Waals surface area (Å²) >= 11 is 0. The van der Waals surface area contributed by atoms with Crippen LogP contribution >= 0.6 is 0 Å². The van der Waals surface area contributed by atoms with Crippen LogP contribution in [0.5, 0.6) is 0 Å². The Morgan fingerprint density at radius 2 is 2.33 bits per heavy atom. The molecule has 0 unspecified atom stereocenters. The molecule has 1 aromatic rings. The van der Waals surface area contributed by atoms with Crippen LogP contribution in [0.2, 0.25) is 0 Å². The highest BCUT2D eigenvalue weighted by molar-refractivity contribution is 5.92. The number of nitrogens with two attached hydrogens (primary N) is 1. The third kappa shape index (κ3) is 2.77. The average molecular weight is 205 g/mol. The summed E-state index contributed by atoms with van der Waals surface area (Å²) in [5, 5.41) is 10.4. The van der Waals surface area contributed by atoms with Gasteiger partial charge in [0, 0.05) is 12.0 Å². The predicted molar refractivity (Wildman–Crippen MR) is 51.7 cm³/mol. The molecule has 2 N–H and O–H groups in total. The van der Waals surface area contributed by atoms with Crippen molar-refractivity contribution in [3.63, 3.8) is 0 Å². The van der Waals surface area contributed by atoms with E-state index in [1.165, 1.54) is 6.07 Å². The number of pyridine rings is 1. The van der Waals surface area contributed by atoms with E-state index in [1.54, 1.807) is 6.92 Å². The summed E-state index contributed by atoms with van der Waals surface area (Å²) in [7, 11) is 0. The molecule has 0 atom stereocenters. The number of rotatable bonds is 1. The molecule has 0 fully saturated rings. The second-order valence-corrected chi connectivity index (χ2v) is 2.70. The lowest BCUT2D eigenvalue weighted by atomic mass is 10.2. The fraction of sp³-hybridized carbons (Fsp3) is 0.111. The summed E-state index contributed by atoms with van der Waals surface area (Å²) in [5.74, 6) is 3.72. The first-order valence-corrected chi connectivity index (χ1v) is 3.93. The Morgan fingerprint density at radius 3 is 2.87 bits per heavy atom. The number of primary amides is 1. The molecule has 6 nitrogen and oxygen atoms in total. The molecule has 0 radical (unpaired) electrons. The van der Waals surface area contributed by atoms with Gasteiger partial charge in [0.05, 0.1) is 16.2 Å². The third-order valence-electron chi connectivity index (χ3n) is 1.60. The van der Waals surface area contributed by atoms with E-state index in [1.807, 2.05) is 0 Å². The largest absolute Gasteiger partial charge is 0.359 e. The second kappa shape index (κ2) is 4.19. The van der Waals surface area contributed by atoms with Crippen molar-refractivity contribution in [1.29, 1.82) is 0 Å². The second-order valence-electron chi connectivity index (χ2n) is 2.70. The van der Waals surface area contributed by atoms with Crippen molar-refractivity contribution in [3.05, 3.63) is 33.6 Å². The van der Waals surface area contributed by atoms with Crippen LogP contribution in [0.4, 0.5) is 5.69 Å². The van der Waals surface area contributed by atoms with Crippen LogP contribution in [0.15, 0.2) is 12.3 Å². The van der Waals surface area contributed by atoms with Gasteiger partial charge in [0.2, 0.25) is 0 Å². The number of nitro groups is 1. The van der Waals surface area contributed by atoms with Crippen LogP contribution in [0, 0.1) is 28.9 Å². The van der Waals surface area contributed by atoms with Crippen LogP contribution in [-0.4, -0.2) is 15.8 Å². The highest BCUT2D eigenvalue weighted by Gasteiger charge is 2.08. The highest BCUT2D eigenvalue weighted by atomic mass is 16.6. The van der Waals surface area contributed by atoms with Crippen LogP contribution in [0.25, 0.3) is 0 Å². The molecule has 0 bridgehead atoms. The molecule has 0 spiro atoms. The van der Waals surface area contributed by atoms with Crippen molar-refractivity contribution in [2.45, 2.75) is 6.92 Å². The van der Waals surface area contributed by atoms with E-state index in [-0.39, 0.29) is 5.69 Å². The van der Waals surface area contributed by atoms with Crippen LogP contribution in [-0.2, 0) is 4.79 Å². The lowest BCUT2D eigenvalue weighted by Crippen LogP contribution is -2.06. The molecule has 6 heteroatoms. The standard InChI is InChI=1S/C9H7N3O3/c1-6-7(2-3-9(10)13)4-8(5-11-6)12(14)15/h4-5H,1H3,(H2,10,13). The minimum absolute atomic E-state index is 0.172. The van der Waals surface area contributed by atoms with E-state index in [2.05, 4.69) is 16.8 Å². The first-order chi connectivity index (χ1) is 7.00. The Morgan fingerprint density at radius 1 is 1.67 bits per heavy atom. The number of aromatic nitrogens is 1. The molecule has 15 heavy (non-hydrogen) atoms. The lowest BCUT2D eigenvalue weighted by Gasteiger charge is -1.96. The predicted octanol–water partition coefficient (Wildman–Crippen LogP) is 0.135. The fourth-order valence-corrected chi connectivity index (χ4v) is 0.877. The molecule has 1 rings (SSSR count). The summed E-state index contributed by atoms with van der Waals surface area (Å²) in [6, 6.07) is 1.25. The Balaban J connectivity index is 3.18. The monoisotopic (exact) mass is 205 g/mol. The van der Waals surface area contributed by atoms with Gasteiger partial charge in [-0.2, -0.15) is 0 Å². The van der Waals surface area contributed by atoms with Gasteiger partial charge in [-0.15, -0.1) is 0 Å². The maximum Gasteiger partial charge on any atom is 0.293 e. The quantitative estimate of drug-likeness (QED) is 0.400. The molecular weight excluding hydrogens is 198 g/mol. The van der Waals surface area contributed by atoms with Crippen molar-refractivity contribution in [2.75, 3.05) is 0 Å². The molecule has 0 aliphatic rings. The van der Waals surface area contributed by atoms with Crippen LogP contribution < -0.4 is 5.73 Å². The van der Waals surface area contributed by atoms with Crippen molar-refractivity contribution >= 4 is 11.6 Å². The Kier molecular flexibility index (Phi) is 2.98. The molecule has 0 aliphatic carbocycles. The average Bonchev–Trinajstić information content (AvgIpc) is 2.16. The van der Waals surface area contributed by atoms with Crippen molar-refractivity contribution in [2.24, 2.45) is 5.73 Å². The Bertz CT molecular complexity index is 485. The van der Waals surface area contributed by atoms with Crippen molar-refractivity contribution in [3.8, 4) is 11.8 Å². The van der Waals surface area contributed by atoms with Gasteiger partial charge < -0.3 is 5.73 Å². The molecule has 0 saturated carbocycles. The number of carbonyl (C=O) groups excluding carboxylic acids is 1. The van der Waals surface area contributed by atoms with Crippen LogP contribution in [0.3, 0.4) is 0 Å². The highest BCUT2D eigenvalue weighted by Crippen LogP contribution is 2.13. The smallest absolute Gasteiger partial charge is 0.293 e. The van der Waals surface area contributed by atoms with Gasteiger partial charge in [-0.25, -0.2) is 0 Å². The van der Waals surface area contributed by atoms with Gasteiger partial charge in [0.15, 0.2) is 0 Å². The van der Waals surface area contributed by atoms with E-state index < -0.39 is 10.8 Å². The van der Waals surface area contributed by atoms with Gasteiger partial charge in [-0.05, 0) is 6.92 Å². The molecule has 0 aromatic carbocycles. The Labute approximate surface area is 85.3 Å². The van der Waals surface area contributed by atoms with E-state index in [0.717, 1.165) is 6.20 Å². The maximum absolute atomic E-state index is 10.4. The molecule has 1 amide bonds. The molecule has 0 aliphatic heterocycles. The zero-order valence-corrected chi connectivity index (χ0v) is 7.85. The van der Waals surface area contributed by atoms with Crippen LogP contribution in [0.1, 0.15) is 11.3 Å². The normalized spacial score (nSPS) is 8.87. The fourth-order valence-electron chi connectivity index (χ4n) is 0.877. The van der Waals surface area contributed by atoms with Crippen molar-refractivity contribution < 1.29 is 9.72 Å². The number of carbonyl (C=O) groups is 1. The molecule has 76 valence electrons. The number of hydrogen-bond donors (Lipinski definition) is 1. The van der Waals surface area contributed by atoms with E-state index in [9.17, 15) is 14.9 Å². The molecule has 1 heterocycles. The maximum atomic E-state index is 10.4.